The van der Waals surface area contributed by atoms with Crippen molar-refractivity contribution in [3.8, 4) is 0 Å². The third-order valence-corrected chi connectivity index (χ3v) is 7.49. The van der Waals surface area contributed by atoms with Crippen LogP contribution in [0.4, 0.5) is 0 Å². The topological polar surface area (TPSA) is 26.3 Å². The van der Waals surface area contributed by atoms with Crippen molar-refractivity contribution in [2.75, 3.05) is 0 Å². The zero-order chi connectivity index (χ0) is 17.5. The Bertz CT molecular complexity index is 530. The summed E-state index contributed by atoms with van der Waals surface area (Å²) in [7, 11) is 0. The quantitative estimate of drug-likeness (QED) is 0.572. The van der Waals surface area contributed by atoms with Crippen molar-refractivity contribution in [2.45, 2.75) is 93.3 Å². The molecule has 0 unspecified atom stereocenters. The summed E-state index contributed by atoms with van der Waals surface area (Å²) in [5, 5.41) is 0.241. The van der Waals surface area contributed by atoms with Gasteiger partial charge < -0.3 is 4.74 Å². The molecule has 1 saturated carbocycles. The fourth-order valence-corrected chi connectivity index (χ4v) is 5.80. The van der Waals surface area contributed by atoms with Crippen LogP contribution >= 0.6 is 11.8 Å². The molecule has 0 bridgehead atoms. The van der Waals surface area contributed by atoms with E-state index in [1.807, 2.05) is 11.8 Å². The molecule has 1 heterocycles. The normalized spacial score (nSPS) is 28.1. The minimum absolute atomic E-state index is 0.0144. The molecule has 3 heteroatoms. The molecule has 2 atom stereocenters. The number of hydrogen-bond acceptors (Lipinski definition) is 3. The summed E-state index contributed by atoms with van der Waals surface area (Å²) in [4.78, 5) is 13.7. The van der Waals surface area contributed by atoms with E-state index in [0.717, 1.165) is 12.8 Å². The summed E-state index contributed by atoms with van der Waals surface area (Å²) in [6.45, 7) is 2.06. The molecule has 1 aromatic rings. The SMILES string of the molecule is C[C@H]1C(=O)OC2(CCCCCCCCCCC2)[C@@H]1Sc1ccccc1. The Kier molecular flexibility index (Phi) is 6.86. The number of benzene rings is 1. The van der Waals surface area contributed by atoms with Crippen molar-refractivity contribution in [1.82, 2.24) is 0 Å². The van der Waals surface area contributed by atoms with E-state index in [1.165, 1.54) is 62.7 Å². The van der Waals surface area contributed by atoms with E-state index in [-0.39, 0.29) is 22.7 Å². The van der Waals surface area contributed by atoms with Gasteiger partial charge in [-0.3, -0.25) is 4.79 Å². The Hall–Kier alpha value is -0.960. The fourth-order valence-electron chi connectivity index (χ4n) is 4.38. The Morgan fingerprint density at radius 1 is 0.880 bits per heavy atom. The lowest BCUT2D eigenvalue weighted by atomic mass is 9.84. The first-order chi connectivity index (χ1) is 12.2. The van der Waals surface area contributed by atoms with Gasteiger partial charge >= 0.3 is 5.97 Å². The molecule has 1 aliphatic heterocycles. The number of ether oxygens (including phenoxy) is 1. The molecule has 3 rings (SSSR count). The predicted octanol–water partition coefficient (Wildman–Crippen LogP) is 6.38. The number of rotatable bonds is 2. The van der Waals surface area contributed by atoms with Gasteiger partial charge in [0.2, 0.25) is 0 Å². The van der Waals surface area contributed by atoms with Gasteiger partial charge in [0.15, 0.2) is 0 Å². The zero-order valence-corrected chi connectivity index (χ0v) is 16.4. The molecule has 2 aliphatic rings. The van der Waals surface area contributed by atoms with Gasteiger partial charge in [-0.1, -0.05) is 70.1 Å². The molecule has 2 nitrogen and oxygen atoms in total. The molecule has 1 aliphatic carbocycles. The lowest BCUT2D eigenvalue weighted by Crippen LogP contribution is -2.39. The minimum Gasteiger partial charge on any atom is -0.458 e. The highest BCUT2D eigenvalue weighted by Gasteiger charge is 2.53. The largest absolute Gasteiger partial charge is 0.458 e. The molecule has 0 amide bonds. The number of esters is 1. The number of carbonyl (C=O) groups is 1. The van der Waals surface area contributed by atoms with Gasteiger partial charge in [-0.15, -0.1) is 11.8 Å². The van der Waals surface area contributed by atoms with Crippen molar-refractivity contribution in [1.29, 1.82) is 0 Å². The van der Waals surface area contributed by atoms with Crippen LogP contribution in [0.25, 0.3) is 0 Å². The Labute approximate surface area is 157 Å². The van der Waals surface area contributed by atoms with E-state index < -0.39 is 0 Å². The summed E-state index contributed by atoms with van der Waals surface area (Å²) in [6, 6.07) is 10.5. The van der Waals surface area contributed by atoms with Crippen LogP contribution in [-0.2, 0) is 9.53 Å². The van der Waals surface area contributed by atoms with E-state index >= 15 is 0 Å². The molecular formula is C22H32O2S. The Balaban J connectivity index is 1.77. The van der Waals surface area contributed by atoms with Crippen LogP contribution in [0, 0.1) is 5.92 Å². The summed E-state index contributed by atoms with van der Waals surface area (Å²) < 4.78 is 6.13. The van der Waals surface area contributed by atoms with Crippen molar-refractivity contribution in [3.63, 3.8) is 0 Å². The summed E-state index contributed by atoms with van der Waals surface area (Å²) >= 11 is 1.86. The average Bonchev–Trinajstić information content (AvgIpc) is 2.84. The maximum Gasteiger partial charge on any atom is 0.310 e. The molecule has 1 spiro atoms. The van der Waals surface area contributed by atoms with Gasteiger partial charge in [0, 0.05) is 4.90 Å². The van der Waals surface area contributed by atoms with Crippen LogP contribution in [0.5, 0.6) is 0 Å². The van der Waals surface area contributed by atoms with Crippen LogP contribution in [0.2, 0.25) is 0 Å². The van der Waals surface area contributed by atoms with E-state index in [0.29, 0.717) is 0 Å². The van der Waals surface area contributed by atoms with Crippen molar-refractivity contribution < 1.29 is 9.53 Å². The molecule has 2 fully saturated rings. The van der Waals surface area contributed by atoms with Crippen molar-refractivity contribution in [3.05, 3.63) is 30.3 Å². The predicted molar refractivity (Wildman–Crippen MR) is 105 cm³/mol. The second-order valence-electron chi connectivity index (χ2n) is 7.81. The third-order valence-electron chi connectivity index (χ3n) is 5.85. The number of thioether (sulfide) groups is 1. The van der Waals surface area contributed by atoms with Crippen LogP contribution < -0.4 is 0 Å². The third kappa shape index (κ3) is 4.81. The van der Waals surface area contributed by atoms with Crippen LogP contribution in [0.1, 0.15) is 77.6 Å². The van der Waals surface area contributed by atoms with E-state index in [9.17, 15) is 4.79 Å². The first-order valence-electron chi connectivity index (χ1n) is 10.2. The second-order valence-corrected chi connectivity index (χ2v) is 9.02. The van der Waals surface area contributed by atoms with Crippen molar-refractivity contribution >= 4 is 17.7 Å². The fraction of sp³-hybridized carbons (Fsp3) is 0.682. The molecule has 0 aromatic heterocycles. The molecule has 0 radical (unpaired) electrons. The smallest absolute Gasteiger partial charge is 0.310 e. The molecular weight excluding hydrogens is 328 g/mol. The van der Waals surface area contributed by atoms with Crippen LogP contribution in [0.15, 0.2) is 35.2 Å². The number of carbonyl (C=O) groups excluding carboxylic acids is 1. The lowest BCUT2D eigenvalue weighted by Gasteiger charge is -2.34. The van der Waals surface area contributed by atoms with Crippen molar-refractivity contribution in [2.24, 2.45) is 5.92 Å². The van der Waals surface area contributed by atoms with Gasteiger partial charge in [0.1, 0.15) is 5.60 Å². The molecule has 25 heavy (non-hydrogen) atoms. The summed E-state index contributed by atoms with van der Waals surface area (Å²) in [5.74, 6) is -0.00126. The summed E-state index contributed by atoms with van der Waals surface area (Å²) in [6.07, 6.45) is 13.8. The standard InChI is InChI=1S/C22H32O2S/c1-18-20(25-19-14-10-9-11-15-19)22(24-21(18)23)16-12-7-5-3-2-4-6-8-13-17-22/h9-11,14-15,18,20H,2-8,12-13,16-17H2,1H3/t18-,20-/m1/s1. The van der Waals surface area contributed by atoms with Gasteiger partial charge in [0.05, 0.1) is 11.2 Å². The first kappa shape index (κ1) is 18.8. The summed E-state index contributed by atoms with van der Waals surface area (Å²) in [5.41, 5.74) is -0.254. The van der Waals surface area contributed by atoms with Gasteiger partial charge in [-0.25, -0.2) is 0 Å². The van der Waals surface area contributed by atoms with E-state index in [1.54, 1.807) is 0 Å². The zero-order valence-electron chi connectivity index (χ0n) is 15.5. The minimum atomic E-state index is -0.254. The van der Waals surface area contributed by atoms with Crippen LogP contribution in [-0.4, -0.2) is 16.8 Å². The highest BCUT2D eigenvalue weighted by Crippen LogP contribution is 2.48. The molecule has 1 saturated heterocycles. The van der Waals surface area contributed by atoms with E-state index in [2.05, 4.69) is 37.3 Å². The molecule has 0 N–H and O–H groups in total. The van der Waals surface area contributed by atoms with Gasteiger partial charge in [-0.2, -0.15) is 0 Å². The van der Waals surface area contributed by atoms with E-state index in [4.69, 9.17) is 4.74 Å². The maximum atomic E-state index is 12.5. The Morgan fingerprint density at radius 3 is 1.96 bits per heavy atom. The van der Waals surface area contributed by atoms with Gasteiger partial charge in [0.25, 0.3) is 0 Å². The molecule has 1 aromatic carbocycles. The molecule has 138 valence electrons. The Morgan fingerprint density at radius 2 is 1.40 bits per heavy atom. The first-order valence-corrected chi connectivity index (χ1v) is 11.0. The highest BCUT2D eigenvalue weighted by molar-refractivity contribution is 8.00. The van der Waals surface area contributed by atoms with Gasteiger partial charge in [-0.05, 0) is 37.8 Å². The highest BCUT2D eigenvalue weighted by atomic mass is 32.2. The maximum absolute atomic E-state index is 12.5. The average molecular weight is 361 g/mol. The lowest BCUT2D eigenvalue weighted by molar-refractivity contribution is -0.151. The monoisotopic (exact) mass is 360 g/mol. The van der Waals surface area contributed by atoms with Crippen LogP contribution in [0.3, 0.4) is 0 Å². The second kappa shape index (κ2) is 9.12. The number of hydrogen-bond donors (Lipinski definition) is 0.